The third-order valence-corrected chi connectivity index (χ3v) is 4.64. The second-order valence-electron chi connectivity index (χ2n) is 5.01. The number of fused-ring (bicyclic) bond motifs is 1. The summed E-state index contributed by atoms with van der Waals surface area (Å²) in [6.45, 7) is 6.70. The molecule has 0 saturated carbocycles. The summed E-state index contributed by atoms with van der Waals surface area (Å²) in [6, 6.07) is 8.00. The Morgan fingerprint density at radius 2 is 2.00 bits per heavy atom. The molecule has 0 unspecified atom stereocenters. The monoisotopic (exact) mass is 299 g/mol. The number of aryl methyl sites for hydroxylation is 3. The van der Waals surface area contributed by atoms with Crippen LogP contribution in [0.25, 0.3) is 11.0 Å². The van der Waals surface area contributed by atoms with Crippen LogP contribution < -0.4 is 0 Å². The second kappa shape index (κ2) is 5.41. The molecule has 0 saturated heterocycles. The fourth-order valence-electron chi connectivity index (χ4n) is 2.63. The van der Waals surface area contributed by atoms with E-state index in [1.807, 2.05) is 38.1 Å². The molecule has 3 aromatic rings. The number of aromatic nitrogens is 3. The van der Waals surface area contributed by atoms with Crippen LogP contribution in [-0.2, 0) is 13.0 Å². The molecule has 21 heavy (non-hydrogen) atoms. The summed E-state index contributed by atoms with van der Waals surface area (Å²) in [4.78, 5) is 22.2. The highest BCUT2D eigenvalue weighted by molar-refractivity contribution is 7.13. The molecule has 4 nitrogen and oxygen atoms in total. The molecule has 0 bridgehead atoms. The summed E-state index contributed by atoms with van der Waals surface area (Å²) in [5, 5.41) is 0.930. The Hall–Kier alpha value is -2.01. The molecular formula is C16H17N3OS. The first-order chi connectivity index (χ1) is 10.1. The molecule has 0 aliphatic carbocycles. The topological polar surface area (TPSA) is 47.8 Å². The van der Waals surface area contributed by atoms with E-state index in [0.717, 1.165) is 39.0 Å². The molecule has 5 heteroatoms. The van der Waals surface area contributed by atoms with Crippen molar-refractivity contribution in [2.75, 3.05) is 0 Å². The van der Waals surface area contributed by atoms with Crippen LogP contribution in [0.3, 0.4) is 0 Å². The van der Waals surface area contributed by atoms with Gasteiger partial charge in [-0.3, -0.25) is 4.79 Å². The number of carbonyl (C=O) groups is 1. The lowest BCUT2D eigenvalue weighted by atomic mass is 10.2. The van der Waals surface area contributed by atoms with Gasteiger partial charge in [-0.1, -0.05) is 12.1 Å². The van der Waals surface area contributed by atoms with E-state index in [1.54, 1.807) is 0 Å². The van der Waals surface area contributed by atoms with E-state index in [0.29, 0.717) is 6.42 Å². The molecule has 2 heterocycles. The summed E-state index contributed by atoms with van der Waals surface area (Å²) in [7, 11) is 0. The van der Waals surface area contributed by atoms with E-state index in [4.69, 9.17) is 0 Å². The van der Waals surface area contributed by atoms with E-state index < -0.39 is 0 Å². The van der Waals surface area contributed by atoms with Crippen molar-refractivity contribution in [2.24, 2.45) is 0 Å². The predicted molar refractivity (Wildman–Crippen MR) is 85.0 cm³/mol. The summed E-state index contributed by atoms with van der Waals surface area (Å²) in [6.07, 6.45) is 0.324. The van der Waals surface area contributed by atoms with Crippen molar-refractivity contribution < 1.29 is 4.79 Å². The fourth-order valence-corrected chi connectivity index (χ4v) is 3.48. The van der Waals surface area contributed by atoms with E-state index >= 15 is 0 Å². The van der Waals surface area contributed by atoms with Crippen LogP contribution in [0, 0.1) is 13.8 Å². The van der Waals surface area contributed by atoms with Crippen molar-refractivity contribution in [1.29, 1.82) is 0 Å². The first-order valence-corrected chi connectivity index (χ1v) is 7.83. The van der Waals surface area contributed by atoms with Gasteiger partial charge in [-0.25, -0.2) is 9.97 Å². The molecule has 0 fully saturated rings. The molecule has 0 N–H and O–H groups in total. The number of hydrogen-bond acceptors (Lipinski definition) is 4. The summed E-state index contributed by atoms with van der Waals surface area (Å²) < 4.78 is 2.11. The first-order valence-electron chi connectivity index (χ1n) is 7.01. The van der Waals surface area contributed by atoms with Crippen molar-refractivity contribution in [3.63, 3.8) is 0 Å². The van der Waals surface area contributed by atoms with Crippen molar-refractivity contribution >= 4 is 28.2 Å². The van der Waals surface area contributed by atoms with Crippen LogP contribution in [-0.4, -0.2) is 20.3 Å². The van der Waals surface area contributed by atoms with Crippen LogP contribution in [0.15, 0.2) is 24.3 Å². The second-order valence-corrected chi connectivity index (χ2v) is 6.21. The highest BCUT2D eigenvalue weighted by Gasteiger charge is 2.18. The minimum absolute atomic E-state index is 0.100. The largest absolute Gasteiger partial charge is 0.328 e. The molecule has 0 atom stereocenters. The molecular weight excluding hydrogens is 282 g/mol. The molecule has 3 rings (SSSR count). The lowest BCUT2D eigenvalue weighted by Crippen LogP contribution is -2.09. The molecule has 0 aliphatic heterocycles. The van der Waals surface area contributed by atoms with Gasteiger partial charge in [0.2, 0.25) is 0 Å². The number of nitrogens with zero attached hydrogens (tertiary/aromatic N) is 3. The third-order valence-electron chi connectivity index (χ3n) is 3.53. The number of carbonyl (C=O) groups excluding carboxylic acids is 1. The van der Waals surface area contributed by atoms with Gasteiger partial charge < -0.3 is 4.57 Å². The Bertz CT molecular complexity index is 816. The van der Waals surface area contributed by atoms with E-state index in [9.17, 15) is 4.79 Å². The van der Waals surface area contributed by atoms with Crippen molar-refractivity contribution in [3.05, 3.63) is 45.7 Å². The zero-order valence-corrected chi connectivity index (χ0v) is 13.2. The number of Topliss-reactive ketones (excluding diaryl/α,β-unsaturated/α-hetero) is 1. The SMILES string of the molecule is CCn1c(CC(=O)c2sc(C)nc2C)nc2ccccc21. The Morgan fingerprint density at radius 1 is 1.24 bits per heavy atom. The molecule has 0 spiro atoms. The van der Waals surface area contributed by atoms with Gasteiger partial charge in [-0.2, -0.15) is 0 Å². The van der Waals surface area contributed by atoms with Crippen LogP contribution in [0.1, 0.15) is 33.1 Å². The maximum Gasteiger partial charge on any atom is 0.182 e. The third kappa shape index (κ3) is 2.49. The van der Waals surface area contributed by atoms with Gasteiger partial charge in [0.25, 0.3) is 0 Å². The van der Waals surface area contributed by atoms with Gasteiger partial charge in [0.05, 0.1) is 33.0 Å². The number of benzene rings is 1. The van der Waals surface area contributed by atoms with Crippen LogP contribution in [0.4, 0.5) is 0 Å². The van der Waals surface area contributed by atoms with Gasteiger partial charge in [-0.15, -0.1) is 11.3 Å². The van der Waals surface area contributed by atoms with Crippen molar-refractivity contribution in [2.45, 2.75) is 33.7 Å². The predicted octanol–water partition coefficient (Wildman–Crippen LogP) is 3.55. The number of thiazole rings is 1. The summed E-state index contributed by atoms with van der Waals surface area (Å²) >= 11 is 1.46. The van der Waals surface area contributed by atoms with Gasteiger partial charge in [0.1, 0.15) is 5.82 Å². The lowest BCUT2D eigenvalue weighted by Gasteiger charge is -2.05. The first kappa shape index (κ1) is 13.9. The van der Waals surface area contributed by atoms with E-state index in [2.05, 4.69) is 21.5 Å². The number of imidazole rings is 1. The molecule has 0 amide bonds. The maximum absolute atomic E-state index is 12.5. The smallest absolute Gasteiger partial charge is 0.182 e. The highest BCUT2D eigenvalue weighted by atomic mass is 32.1. The highest BCUT2D eigenvalue weighted by Crippen LogP contribution is 2.21. The molecule has 1 aromatic carbocycles. The average Bonchev–Trinajstić information content (AvgIpc) is 2.97. The molecule has 0 radical (unpaired) electrons. The van der Waals surface area contributed by atoms with Crippen molar-refractivity contribution in [3.8, 4) is 0 Å². The van der Waals surface area contributed by atoms with Crippen LogP contribution in [0.5, 0.6) is 0 Å². The number of rotatable bonds is 4. The van der Waals surface area contributed by atoms with Gasteiger partial charge in [-0.05, 0) is 32.9 Å². The summed E-state index contributed by atoms with van der Waals surface area (Å²) in [5.74, 6) is 0.928. The van der Waals surface area contributed by atoms with Gasteiger partial charge >= 0.3 is 0 Å². The Morgan fingerprint density at radius 3 is 2.67 bits per heavy atom. The Labute approximate surface area is 127 Å². The molecule has 108 valence electrons. The lowest BCUT2D eigenvalue weighted by molar-refractivity contribution is 0.0993. The number of ketones is 1. The number of para-hydroxylation sites is 2. The van der Waals surface area contributed by atoms with Crippen LogP contribution in [0.2, 0.25) is 0 Å². The Balaban J connectivity index is 1.98. The minimum Gasteiger partial charge on any atom is -0.328 e. The molecule has 2 aromatic heterocycles. The minimum atomic E-state index is 0.100. The van der Waals surface area contributed by atoms with E-state index in [1.165, 1.54) is 11.3 Å². The maximum atomic E-state index is 12.5. The molecule has 0 aliphatic rings. The zero-order chi connectivity index (χ0) is 15.0. The average molecular weight is 299 g/mol. The van der Waals surface area contributed by atoms with Gasteiger partial charge in [0, 0.05) is 6.54 Å². The van der Waals surface area contributed by atoms with Crippen molar-refractivity contribution in [1.82, 2.24) is 14.5 Å². The standard InChI is InChI=1S/C16H17N3OS/c1-4-19-13-8-6-5-7-12(13)18-15(19)9-14(20)16-10(2)17-11(3)21-16/h5-8H,4,9H2,1-3H3. The van der Waals surface area contributed by atoms with Gasteiger partial charge in [0.15, 0.2) is 5.78 Å². The van der Waals surface area contributed by atoms with Crippen LogP contribution >= 0.6 is 11.3 Å². The summed E-state index contributed by atoms with van der Waals surface area (Å²) in [5.41, 5.74) is 2.85. The number of hydrogen-bond donors (Lipinski definition) is 0. The quantitative estimate of drug-likeness (QED) is 0.692. The zero-order valence-electron chi connectivity index (χ0n) is 12.4. The fraction of sp³-hybridized carbons (Fsp3) is 0.312. The normalized spacial score (nSPS) is 11.2. The Kier molecular flexibility index (Phi) is 3.59. The van der Waals surface area contributed by atoms with E-state index in [-0.39, 0.29) is 5.78 Å².